The molecule has 3 aromatic heterocycles. The van der Waals surface area contributed by atoms with Gasteiger partial charge in [-0.25, -0.2) is 0 Å². The van der Waals surface area contributed by atoms with Gasteiger partial charge in [0.15, 0.2) is 0 Å². The highest BCUT2D eigenvalue weighted by Gasteiger charge is 2.18. The molecule has 0 saturated carbocycles. The molecule has 0 amide bonds. The van der Waals surface area contributed by atoms with E-state index < -0.39 is 0 Å². The van der Waals surface area contributed by atoms with Crippen LogP contribution in [-0.2, 0) is 6.42 Å². The van der Waals surface area contributed by atoms with Gasteiger partial charge in [0.05, 0.1) is 10.4 Å². The van der Waals surface area contributed by atoms with Crippen LogP contribution < -0.4 is 0 Å². The summed E-state index contributed by atoms with van der Waals surface area (Å²) >= 11 is 1.86. The maximum atomic E-state index is 6.31. The standard InChI is InChI=1S/C28H23NOS/c1-16(2)15-18-11-12-21-22-13-14-29-25(28(22)31-27(21)17(18)3)23-9-6-8-20-19-7-4-5-10-24(19)30-26(20)23/h4-14,16H,15H2,1-3H3. The Kier molecular flexibility index (Phi) is 4.15. The van der Waals surface area contributed by atoms with Crippen LogP contribution in [0.15, 0.2) is 71.3 Å². The highest BCUT2D eigenvalue weighted by Crippen LogP contribution is 2.43. The van der Waals surface area contributed by atoms with Crippen molar-refractivity contribution < 1.29 is 4.42 Å². The number of benzene rings is 3. The number of para-hydroxylation sites is 2. The molecule has 0 N–H and O–H groups in total. The molecule has 0 atom stereocenters. The smallest absolute Gasteiger partial charge is 0.144 e. The summed E-state index contributed by atoms with van der Waals surface area (Å²) in [5, 5.41) is 4.89. The second-order valence-corrected chi connectivity index (χ2v) is 9.76. The quantitative estimate of drug-likeness (QED) is 0.286. The van der Waals surface area contributed by atoms with Crippen molar-refractivity contribution in [1.29, 1.82) is 0 Å². The topological polar surface area (TPSA) is 26.0 Å². The molecule has 3 heteroatoms. The monoisotopic (exact) mass is 421 g/mol. The van der Waals surface area contributed by atoms with E-state index in [1.807, 2.05) is 29.7 Å². The molecule has 0 aliphatic heterocycles. The first-order valence-corrected chi connectivity index (χ1v) is 11.6. The molecule has 6 rings (SSSR count). The van der Waals surface area contributed by atoms with Crippen molar-refractivity contribution in [2.45, 2.75) is 27.2 Å². The molecule has 2 nitrogen and oxygen atoms in total. The molecule has 152 valence electrons. The summed E-state index contributed by atoms with van der Waals surface area (Å²) in [6, 6.07) is 21.4. The van der Waals surface area contributed by atoms with Gasteiger partial charge in [0.1, 0.15) is 11.2 Å². The van der Waals surface area contributed by atoms with Gasteiger partial charge in [-0.15, -0.1) is 11.3 Å². The Hall–Kier alpha value is -3.17. The summed E-state index contributed by atoms with van der Waals surface area (Å²) in [5.74, 6) is 0.647. The van der Waals surface area contributed by atoms with Gasteiger partial charge in [0.25, 0.3) is 0 Å². The van der Waals surface area contributed by atoms with Crippen LogP contribution in [-0.4, -0.2) is 4.98 Å². The maximum absolute atomic E-state index is 6.31. The second-order valence-electron chi connectivity index (χ2n) is 8.74. The average Bonchev–Trinajstić information content (AvgIpc) is 3.34. The van der Waals surface area contributed by atoms with Crippen LogP contribution in [0.3, 0.4) is 0 Å². The van der Waals surface area contributed by atoms with Crippen LogP contribution in [0.4, 0.5) is 0 Å². The summed E-state index contributed by atoms with van der Waals surface area (Å²) < 4.78 is 8.92. The van der Waals surface area contributed by atoms with E-state index in [0.29, 0.717) is 5.92 Å². The predicted octanol–water partition coefficient (Wildman–Crippen LogP) is 8.52. The van der Waals surface area contributed by atoms with Crippen LogP contribution >= 0.6 is 11.3 Å². The third-order valence-corrected chi connectivity index (χ3v) is 7.55. The van der Waals surface area contributed by atoms with E-state index in [0.717, 1.165) is 39.6 Å². The lowest BCUT2D eigenvalue weighted by molar-refractivity contribution is 0.645. The Morgan fingerprint density at radius 3 is 2.52 bits per heavy atom. The highest BCUT2D eigenvalue weighted by atomic mass is 32.1. The molecule has 0 fully saturated rings. The molecule has 3 aromatic carbocycles. The highest BCUT2D eigenvalue weighted by molar-refractivity contribution is 7.26. The molecular weight excluding hydrogens is 398 g/mol. The minimum atomic E-state index is 0.647. The molecule has 0 aliphatic rings. The van der Waals surface area contributed by atoms with Gasteiger partial charge >= 0.3 is 0 Å². The molecule has 0 radical (unpaired) electrons. The second kappa shape index (κ2) is 6.93. The predicted molar refractivity (Wildman–Crippen MR) is 133 cm³/mol. The molecule has 0 saturated heterocycles. The zero-order valence-corrected chi connectivity index (χ0v) is 18.7. The summed E-state index contributed by atoms with van der Waals surface area (Å²) in [6.07, 6.45) is 3.04. The van der Waals surface area contributed by atoms with E-state index in [-0.39, 0.29) is 0 Å². The van der Waals surface area contributed by atoms with Crippen molar-refractivity contribution >= 4 is 53.4 Å². The van der Waals surface area contributed by atoms with Gasteiger partial charge in [-0.2, -0.15) is 0 Å². The van der Waals surface area contributed by atoms with Crippen molar-refractivity contribution in [1.82, 2.24) is 4.98 Å². The zero-order valence-electron chi connectivity index (χ0n) is 17.9. The van der Waals surface area contributed by atoms with Crippen molar-refractivity contribution in [3.63, 3.8) is 0 Å². The number of furan rings is 1. The van der Waals surface area contributed by atoms with Crippen molar-refractivity contribution in [2.24, 2.45) is 5.92 Å². The Bertz CT molecular complexity index is 1600. The Morgan fingerprint density at radius 1 is 0.839 bits per heavy atom. The fourth-order valence-corrected chi connectivity index (χ4v) is 6.05. The first-order valence-electron chi connectivity index (χ1n) is 10.8. The normalized spacial score (nSPS) is 12.1. The van der Waals surface area contributed by atoms with Gasteiger partial charge in [-0.3, -0.25) is 4.98 Å². The minimum Gasteiger partial charge on any atom is -0.455 e. The number of fused-ring (bicyclic) bond motifs is 6. The van der Waals surface area contributed by atoms with Crippen LogP contribution in [0.25, 0.3) is 53.4 Å². The van der Waals surface area contributed by atoms with Crippen molar-refractivity contribution in [2.75, 3.05) is 0 Å². The molecule has 0 spiro atoms. The Morgan fingerprint density at radius 2 is 1.65 bits per heavy atom. The van der Waals surface area contributed by atoms with E-state index >= 15 is 0 Å². The number of hydrogen-bond donors (Lipinski definition) is 0. The van der Waals surface area contributed by atoms with Gasteiger partial charge in [-0.05, 0) is 48.6 Å². The lowest BCUT2D eigenvalue weighted by Crippen LogP contribution is -1.96. The number of rotatable bonds is 3. The van der Waals surface area contributed by atoms with E-state index in [4.69, 9.17) is 9.40 Å². The lowest BCUT2D eigenvalue weighted by atomic mass is 9.97. The van der Waals surface area contributed by atoms with Crippen LogP contribution in [0.1, 0.15) is 25.0 Å². The van der Waals surface area contributed by atoms with E-state index in [1.54, 1.807) is 0 Å². The SMILES string of the molecule is Cc1c(CC(C)C)ccc2c1sc1c(-c3cccc4c3oc3ccccc34)nccc12. The molecular formula is C28H23NOS. The number of nitrogens with zero attached hydrogens (tertiary/aromatic N) is 1. The zero-order chi connectivity index (χ0) is 21.1. The van der Waals surface area contributed by atoms with E-state index in [1.165, 1.54) is 31.3 Å². The van der Waals surface area contributed by atoms with Crippen LogP contribution in [0.5, 0.6) is 0 Å². The summed E-state index contributed by atoms with van der Waals surface area (Å²) in [6.45, 7) is 6.83. The summed E-state index contributed by atoms with van der Waals surface area (Å²) in [5.41, 5.74) is 6.75. The molecule has 0 unspecified atom stereocenters. The molecule has 0 bridgehead atoms. The number of aryl methyl sites for hydroxylation is 1. The molecule has 6 aromatic rings. The van der Waals surface area contributed by atoms with Crippen molar-refractivity contribution in [3.05, 3.63) is 78.0 Å². The molecule has 3 heterocycles. The molecule has 31 heavy (non-hydrogen) atoms. The van der Waals surface area contributed by atoms with Gasteiger partial charge < -0.3 is 4.42 Å². The summed E-state index contributed by atoms with van der Waals surface area (Å²) in [7, 11) is 0. The van der Waals surface area contributed by atoms with Gasteiger partial charge in [0.2, 0.25) is 0 Å². The van der Waals surface area contributed by atoms with E-state index in [2.05, 4.69) is 69.3 Å². The molecule has 0 aliphatic carbocycles. The fraction of sp³-hybridized carbons (Fsp3) is 0.179. The Balaban J connectivity index is 1.65. The summed E-state index contributed by atoms with van der Waals surface area (Å²) in [4.78, 5) is 4.84. The van der Waals surface area contributed by atoms with Crippen molar-refractivity contribution in [3.8, 4) is 11.3 Å². The minimum absolute atomic E-state index is 0.647. The van der Waals surface area contributed by atoms with Crippen LogP contribution in [0.2, 0.25) is 0 Å². The van der Waals surface area contributed by atoms with E-state index in [9.17, 15) is 0 Å². The largest absolute Gasteiger partial charge is 0.455 e. The Labute approximate surface area is 185 Å². The van der Waals surface area contributed by atoms with Gasteiger partial charge in [0, 0.05) is 38.0 Å². The number of pyridine rings is 1. The first-order chi connectivity index (χ1) is 15.1. The fourth-order valence-electron chi connectivity index (χ4n) is 4.73. The van der Waals surface area contributed by atoms with Gasteiger partial charge in [-0.1, -0.05) is 56.3 Å². The third kappa shape index (κ3) is 2.80. The average molecular weight is 422 g/mol. The van der Waals surface area contributed by atoms with Crippen LogP contribution in [0, 0.1) is 12.8 Å². The maximum Gasteiger partial charge on any atom is 0.144 e. The third-order valence-electron chi connectivity index (χ3n) is 6.20. The first kappa shape index (κ1) is 18.6. The number of hydrogen-bond acceptors (Lipinski definition) is 3. The lowest BCUT2D eigenvalue weighted by Gasteiger charge is -2.09. The number of thiophene rings is 1. The number of aromatic nitrogens is 1.